The summed E-state index contributed by atoms with van der Waals surface area (Å²) in [5.74, 6) is 6.59. The van der Waals surface area contributed by atoms with Gasteiger partial charge in [0.2, 0.25) is 6.41 Å². The number of amides is 2. The smallest absolute Gasteiger partial charge is 0.280 e. The number of aromatic nitrogens is 2. The van der Waals surface area contributed by atoms with Gasteiger partial charge in [0.05, 0.1) is 18.9 Å². The Hall–Kier alpha value is -3.72. The lowest BCUT2D eigenvalue weighted by Crippen LogP contribution is -2.29. The molecule has 2 amide bonds. The Morgan fingerprint density at radius 3 is 2.78 bits per heavy atom. The molecule has 12 heteroatoms. The van der Waals surface area contributed by atoms with Gasteiger partial charge in [-0.1, -0.05) is 25.2 Å². The summed E-state index contributed by atoms with van der Waals surface area (Å²) >= 11 is 1.26. The van der Waals surface area contributed by atoms with Gasteiger partial charge < -0.3 is 4.74 Å². The van der Waals surface area contributed by atoms with Gasteiger partial charge in [0.15, 0.2) is 10.5 Å². The van der Waals surface area contributed by atoms with Crippen molar-refractivity contribution in [1.29, 1.82) is 0 Å². The van der Waals surface area contributed by atoms with E-state index in [1.165, 1.54) is 48.3 Å². The fourth-order valence-corrected chi connectivity index (χ4v) is 4.21. The Kier molecular flexibility index (Phi) is 8.55. The highest BCUT2D eigenvalue weighted by atomic mass is 32.2. The van der Waals surface area contributed by atoms with Crippen LogP contribution in [0.15, 0.2) is 29.6 Å². The van der Waals surface area contributed by atoms with Crippen LogP contribution in [0.5, 0.6) is 5.75 Å². The Labute approximate surface area is 217 Å². The number of hydrogen-bond donors (Lipinski definition) is 2. The molecule has 0 saturated heterocycles. The molecule has 194 valence electrons. The standard InChI is InChI=1S/C25H26F2N6O3S/c1-3-4-9-33(14-34)21-11-16(17-10-19(23(26)27)28-13-20(17)36-2)18(12-29-21)24(35)30-25-32-31-22(37-25)8-7-15-5-6-15/h10-15,22-23,31H,3-6,9H2,1-2H3,(H,30,32,35). The topological polar surface area (TPSA) is 109 Å². The molecule has 2 aromatic rings. The van der Waals surface area contributed by atoms with E-state index in [4.69, 9.17) is 4.74 Å². The highest BCUT2D eigenvalue weighted by molar-refractivity contribution is 8.14. The molecule has 2 N–H and O–H groups in total. The van der Waals surface area contributed by atoms with Crippen LogP contribution in [-0.2, 0) is 4.79 Å². The first-order valence-corrected chi connectivity index (χ1v) is 12.7. The first-order valence-electron chi connectivity index (χ1n) is 11.8. The van der Waals surface area contributed by atoms with E-state index in [-0.39, 0.29) is 33.6 Å². The minimum absolute atomic E-state index is 0.0885. The van der Waals surface area contributed by atoms with Gasteiger partial charge in [-0.2, -0.15) is 5.10 Å². The predicted molar refractivity (Wildman–Crippen MR) is 137 cm³/mol. The number of thioether (sulfide) groups is 1. The van der Waals surface area contributed by atoms with Gasteiger partial charge in [0.1, 0.15) is 17.3 Å². The molecule has 1 fully saturated rings. The minimum atomic E-state index is -2.83. The zero-order valence-corrected chi connectivity index (χ0v) is 21.1. The maximum atomic E-state index is 13.5. The number of nitrogens with zero attached hydrogens (tertiary/aromatic N) is 4. The lowest BCUT2D eigenvalue weighted by molar-refractivity contribution is -0.107. The molecule has 2 aromatic heterocycles. The van der Waals surface area contributed by atoms with Crippen LogP contribution in [0, 0.1) is 17.8 Å². The zero-order chi connectivity index (χ0) is 26.4. The van der Waals surface area contributed by atoms with E-state index in [1.54, 1.807) is 0 Å². The first kappa shape index (κ1) is 26.3. The van der Waals surface area contributed by atoms with E-state index in [0.717, 1.165) is 25.7 Å². The molecule has 4 rings (SSSR count). The molecule has 0 spiro atoms. The molecule has 37 heavy (non-hydrogen) atoms. The van der Waals surface area contributed by atoms with Crippen molar-refractivity contribution < 1.29 is 23.1 Å². The number of nitrogens with one attached hydrogen (secondary N) is 2. The van der Waals surface area contributed by atoms with Crippen molar-refractivity contribution in [3.8, 4) is 28.7 Å². The van der Waals surface area contributed by atoms with E-state index < -0.39 is 18.0 Å². The molecular weight excluding hydrogens is 502 g/mol. The van der Waals surface area contributed by atoms with E-state index in [2.05, 4.69) is 37.7 Å². The maximum absolute atomic E-state index is 13.5. The third kappa shape index (κ3) is 6.54. The normalized spacial score (nSPS) is 16.4. The number of hydrazone groups is 1. The monoisotopic (exact) mass is 528 g/mol. The molecule has 0 aromatic carbocycles. The summed E-state index contributed by atoms with van der Waals surface area (Å²) < 4.78 is 32.4. The number of carbonyl (C=O) groups is 2. The number of halogens is 2. The summed E-state index contributed by atoms with van der Waals surface area (Å²) in [5, 5.41) is 6.91. The van der Waals surface area contributed by atoms with E-state index in [1.807, 2.05) is 6.92 Å². The number of anilines is 1. The summed E-state index contributed by atoms with van der Waals surface area (Å²) in [6.07, 6.45) is 4.10. The fourth-order valence-electron chi connectivity index (χ4n) is 3.49. The van der Waals surface area contributed by atoms with Crippen LogP contribution in [0.3, 0.4) is 0 Å². The van der Waals surface area contributed by atoms with Crippen LogP contribution in [0.1, 0.15) is 55.1 Å². The van der Waals surface area contributed by atoms with E-state index in [9.17, 15) is 18.4 Å². The van der Waals surface area contributed by atoms with Gasteiger partial charge in [-0.05, 0) is 43.2 Å². The molecule has 0 radical (unpaired) electrons. The molecule has 1 saturated carbocycles. The van der Waals surface area contributed by atoms with Gasteiger partial charge in [0, 0.05) is 29.8 Å². The molecule has 0 bridgehead atoms. The Morgan fingerprint density at radius 2 is 2.11 bits per heavy atom. The summed E-state index contributed by atoms with van der Waals surface area (Å²) in [7, 11) is 1.38. The second-order valence-electron chi connectivity index (χ2n) is 8.41. The number of methoxy groups -OCH3 is 1. The average molecular weight is 529 g/mol. The van der Waals surface area contributed by atoms with Gasteiger partial charge in [-0.3, -0.25) is 30.2 Å². The highest BCUT2D eigenvalue weighted by Gasteiger charge is 2.25. The van der Waals surface area contributed by atoms with Crippen molar-refractivity contribution >= 4 is 35.1 Å². The lowest BCUT2D eigenvalue weighted by Gasteiger charge is -2.19. The second kappa shape index (κ2) is 12.0. The summed E-state index contributed by atoms with van der Waals surface area (Å²) in [6.45, 7) is 2.40. The summed E-state index contributed by atoms with van der Waals surface area (Å²) in [6, 6.07) is 2.68. The summed E-state index contributed by atoms with van der Waals surface area (Å²) in [5.41, 5.74) is 2.96. The third-order valence-corrected chi connectivity index (χ3v) is 6.54. The zero-order valence-electron chi connectivity index (χ0n) is 20.3. The van der Waals surface area contributed by atoms with Gasteiger partial charge in [0.25, 0.3) is 12.3 Å². The number of ether oxygens (including phenoxy) is 1. The van der Waals surface area contributed by atoms with Crippen molar-refractivity contribution in [2.24, 2.45) is 11.0 Å². The largest absolute Gasteiger partial charge is 0.494 e. The number of hydrogen-bond acceptors (Lipinski definition) is 8. The van der Waals surface area contributed by atoms with Crippen LogP contribution < -0.4 is 20.4 Å². The third-order valence-electron chi connectivity index (χ3n) is 5.66. The van der Waals surface area contributed by atoms with E-state index >= 15 is 0 Å². The van der Waals surface area contributed by atoms with Crippen molar-refractivity contribution in [2.75, 3.05) is 18.6 Å². The van der Waals surface area contributed by atoms with Crippen molar-refractivity contribution in [3.63, 3.8) is 0 Å². The Morgan fingerprint density at radius 1 is 1.30 bits per heavy atom. The Bertz CT molecular complexity index is 1260. The molecule has 1 unspecified atom stereocenters. The minimum Gasteiger partial charge on any atom is -0.494 e. The fraction of sp³-hybridized carbons (Fsp3) is 0.400. The highest BCUT2D eigenvalue weighted by Crippen LogP contribution is 2.36. The Balaban J connectivity index is 1.68. The molecule has 1 aliphatic heterocycles. The van der Waals surface area contributed by atoms with Gasteiger partial charge in [-0.25, -0.2) is 13.8 Å². The predicted octanol–water partition coefficient (Wildman–Crippen LogP) is 3.93. The molecule has 1 aliphatic carbocycles. The van der Waals surface area contributed by atoms with Gasteiger partial charge in [-0.15, -0.1) is 0 Å². The van der Waals surface area contributed by atoms with Crippen molar-refractivity contribution in [1.82, 2.24) is 20.7 Å². The van der Waals surface area contributed by atoms with Gasteiger partial charge >= 0.3 is 0 Å². The SMILES string of the molecule is CCCCN(C=O)c1cc(-c2cc(C(F)F)ncc2OC)c(C(=O)NC2=NNC(C#CC3CC3)S2)cn1. The number of unbranched alkanes of at least 4 members (excludes halogenated alkanes) is 1. The first-order chi connectivity index (χ1) is 17.9. The van der Waals surface area contributed by atoms with E-state index in [0.29, 0.717) is 24.0 Å². The number of carbonyl (C=O) groups excluding carboxylic acids is 2. The average Bonchev–Trinajstić information content (AvgIpc) is 3.64. The van der Waals surface area contributed by atoms with Crippen LogP contribution in [0.2, 0.25) is 0 Å². The molecule has 9 nitrogen and oxygen atoms in total. The summed E-state index contributed by atoms with van der Waals surface area (Å²) in [4.78, 5) is 34.5. The molecule has 3 heterocycles. The van der Waals surface area contributed by atoms with Crippen LogP contribution >= 0.6 is 11.8 Å². The number of amidine groups is 1. The van der Waals surface area contributed by atoms with Crippen LogP contribution in [-0.4, -0.2) is 46.5 Å². The lowest BCUT2D eigenvalue weighted by atomic mass is 10.00. The number of pyridine rings is 2. The molecule has 2 aliphatic rings. The molecular formula is C25H26F2N6O3S. The van der Waals surface area contributed by atoms with Crippen LogP contribution in [0.4, 0.5) is 14.6 Å². The quantitative estimate of drug-likeness (QED) is 0.375. The number of alkyl halides is 2. The molecule has 1 atom stereocenters. The number of rotatable bonds is 9. The van der Waals surface area contributed by atoms with Crippen molar-refractivity contribution in [2.45, 2.75) is 44.4 Å². The maximum Gasteiger partial charge on any atom is 0.280 e. The second-order valence-corrected chi connectivity index (χ2v) is 9.51. The van der Waals surface area contributed by atoms with Crippen LogP contribution in [0.25, 0.3) is 11.1 Å². The van der Waals surface area contributed by atoms with Crippen molar-refractivity contribution in [3.05, 3.63) is 35.8 Å².